The minimum Gasteiger partial charge on any atom is -0.366 e. The minimum absolute atomic E-state index is 0.199. The van der Waals surface area contributed by atoms with E-state index in [4.69, 9.17) is 5.73 Å². The standard InChI is InChI=1S/C25H27FN2O/c1-3-4-9-22-24(18-10-13-19(26)14-11-18)23(25(27)29)16(2)28(22)21-15-12-17-7-5-6-8-20(17)21/h5-8,10-11,13-14,21H,3-4,9,12,15H2,1-2H3,(H2,27,29). The smallest absolute Gasteiger partial charge is 0.251 e. The molecule has 1 atom stereocenters. The number of fused-ring (bicyclic) bond motifs is 1. The second kappa shape index (κ2) is 7.86. The zero-order valence-corrected chi connectivity index (χ0v) is 17.0. The van der Waals surface area contributed by atoms with E-state index in [-0.39, 0.29) is 11.9 Å². The first-order valence-corrected chi connectivity index (χ1v) is 10.4. The number of hydrogen-bond acceptors (Lipinski definition) is 1. The van der Waals surface area contributed by atoms with Crippen LogP contribution in [0, 0.1) is 12.7 Å². The molecule has 0 bridgehead atoms. The van der Waals surface area contributed by atoms with Gasteiger partial charge in [-0.25, -0.2) is 4.39 Å². The van der Waals surface area contributed by atoms with E-state index in [9.17, 15) is 9.18 Å². The Morgan fingerprint density at radius 3 is 2.59 bits per heavy atom. The third kappa shape index (κ3) is 3.37. The molecule has 1 unspecified atom stereocenters. The van der Waals surface area contributed by atoms with Crippen molar-refractivity contribution in [3.05, 3.63) is 82.4 Å². The summed E-state index contributed by atoms with van der Waals surface area (Å²) in [5, 5.41) is 0. The van der Waals surface area contributed by atoms with E-state index in [0.717, 1.165) is 54.6 Å². The lowest BCUT2D eigenvalue weighted by molar-refractivity contribution is 0.1000. The zero-order valence-electron chi connectivity index (χ0n) is 17.0. The molecule has 0 fully saturated rings. The molecular weight excluding hydrogens is 363 g/mol. The predicted octanol–water partition coefficient (Wildman–Crippen LogP) is 5.58. The van der Waals surface area contributed by atoms with Gasteiger partial charge in [0.25, 0.3) is 5.91 Å². The summed E-state index contributed by atoms with van der Waals surface area (Å²) >= 11 is 0. The highest BCUT2D eigenvalue weighted by Crippen LogP contribution is 2.42. The lowest BCUT2D eigenvalue weighted by Gasteiger charge is -2.21. The Labute approximate surface area is 171 Å². The molecule has 0 aliphatic heterocycles. The molecule has 1 amide bonds. The number of rotatable bonds is 6. The van der Waals surface area contributed by atoms with Crippen molar-refractivity contribution in [3.8, 4) is 11.1 Å². The molecule has 0 saturated carbocycles. The van der Waals surface area contributed by atoms with Crippen molar-refractivity contribution in [2.24, 2.45) is 5.73 Å². The van der Waals surface area contributed by atoms with Crippen LogP contribution in [-0.2, 0) is 12.8 Å². The van der Waals surface area contributed by atoms with Gasteiger partial charge in [-0.3, -0.25) is 4.79 Å². The first-order valence-electron chi connectivity index (χ1n) is 10.4. The number of benzene rings is 2. The van der Waals surface area contributed by atoms with E-state index in [0.29, 0.717) is 5.56 Å². The lowest BCUT2D eigenvalue weighted by Crippen LogP contribution is -2.15. The number of amides is 1. The van der Waals surface area contributed by atoms with Crippen LogP contribution in [-0.4, -0.2) is 10.5 Å². The Kier molecular flexibility index (Phi) is 5.27. The molecule has 4 rings (SSSR count). The maximum Gasteiger partial charge on any atom is 0.251 e. The molecule has 1 aliphatic rings. The summed E-state index contributed by atoms with van der Waals surface area (Å²) in [7, 11) is 0. The summed E-state index contributed by atoms with van der Waals surface area (Å²) in [6.45, 7) is 4.15. The second-order valence-corrected chi connectivity index (χ2v) is 7.88. The van der Waals surface area contributed by atoms with Gasteiger partial charge < -0.3 is 10.3 Å². The summed E-state index contributed by atoms with van der Waals surface area (Å²) in [6, 6.07) is 15.1. The number of aromatic nitrogens is 1. The van der Waals surface area contributed by atoms with Gasteiger partial charge in [-0.05, 0) is 61.4 Å². The molecule has 1 heterocycles. The SMILES string of the molecule is CCCCc1c(-c2ccc(F)cc2)c(C(N)=O)c(C)n1C1CCc2ccccc21. The Morgan fingerprint density at radius 2 is 1.90 bits per heavy atom. The topological polar surface area (TPSA) is 48.0 Å². The van der Waals surface area contributed by atoms with Crippen molar-refractivity contribution < 1.29 is 9.18 Å². The average molecular weight is 391 g/mol. The van der Waals surface area contributed by atoms with Crippen LogP contribution < -0.4 is 5.73 Å². The fourth-order valence-corrected chi connectivity index (χ4v) is 4.81. The van der Waals surface area contributed by atoms with Crippen molar-refractivity contribution in [1.29, 1.82) is 0 Å². The average Bonchev–Trinajstić information content (AvgIpc) is 3.25. The van der Waals surface area contributed by atoms with Crippen LogP contribution in [0.25, 0.3) is 11.1 Å². The van der Waals surface area contributed by atoms with Gasteiger partial charge in [-0.1, -0.05) is 49.7 Å². The predicted molar refractivity (Wildman–Crippen MR) is 115 cm³/mol. The summed E-state index contributed by atoms with van der Waals surface area (Å²) in [4.78, 5) is 12.5. The Hall–Kier alpha value is -2.88. The summed E-state index contributed by atoms with van der Waals surface area (Å²) < 4.78 is 15.9. The molecule has 0 radical (unpaired) electrons. The maximum absolute atomic E-state index is 13.6. The highest BCUT2D eigenvalue weighted by Gasteiger charge is 2.31. The number of primary amides is 1. The largest absolute Gasteiger partial charge is 0.366 e. The van der Waals surface area contributed by atoms with E-state index >= 15 is 0 Å². The van der Waals surface area contributed by atoms with Crippen LogP contribution in [0.15, 0.2) is 48.5 Å². The molecule has 0 spiro atoms. The van der Waals surface area contributed by atoms with Crippen LogP contribution in [0.4, 0.5) is 4.39 Å². The Morgan fingerprint density at radius 1 is 1.17 bits per heavy atom. The van der Waals surface area contributed by atoms with Gasteiger partial charge in [0, 0.05) is 17.0 Å². The van der Waals surface area contributed by atoms with Crippen LogP contribution in [0.1, 0.15) is 65.1 Å². The maximum atomic E-state index is 13.6. The molecule has 4 heteroatoms. The summed E-state index contributed by atoms with van der Waals surface area (Å²) in [5.41, 5.74) is 12.9. The van der Waals surface area contributed by atoms with Gasteiger partial charge in [0.05, 0.1) is 11.6 Å². The number of halogens is 1. The van der Waals surface area contributed by atoms with Gasteiger partial charge >= 0.3 is 0 Å². The number of hydrogen-bond donors (Lipinski definition) is 1. The van der Waals surface area contributed by atoms with Gasteiger partial charge in [-0.15, -0.1) is 0 Å². The Bertz CT molecular complexity index is 1050. The van der Waals surface area contributed by atoms with Crippen molar-refractivity contribution in [1.82, 2.24) is 4.57 Å². The molecule has 2 aromatic carbocycles. The number of aryl methyl sites for hydroxylation is 1. The number of carbonyl (C=O) groups excluding carboxylic acids is 1. The van der Waals surface area contributed by atoms with Gasteiger partial charge in [0.15, 0.2) is 0 Å². The number of carbonyl (C=O) groups is 1. The van der Waals surface area contributed by atoms with Crippen LogP contribution in [0.3, 0.4) is 0 Å². The van der Waals surface area contributed by atoms with Crippen molar-refractivity contribution in [2.45, 2.75) is 52.0 Å². The third-order valence-corrected chi connectivity index (χ3v) is 6.11. The monoisotopic (exact) mass is 390 g/mol. The molecule has 1 aromatic heterocycles. The molecule has 0 saturated heterocycles. The summed E-state index contributed by atoms with van der Waals surface area (Å²) in [5.74, 6) is -0.713. The highest BCUT2D eigenvalue weighted by atomic mass is 19.1. The zero-order chi connectivity index (χ0) is 20.5. The molecule has 3 nitrogen and oxygen atoms in total. The third-order valence-electron chi connectivity index (χ3n) is 6.11. The number of nitrogens with two attached hydrogens (primary N) is 1. The molecule has 150 valence electrons. The molecule has 1 aliphatic carbocycles. The molecular formula is C25H27FN2O. The molecule has 3 aromatic rings. The van der Waals surface area contributed by atoms with E-state index in [1.54, 1.807) is 12.1 Å². The fraction of sp³-hybridized carbons (Fsp3) is 0.320. The number of unbranched alkanes of at least 4 members (excludes halogenated alkanes) is 1. The van der Waals surface area contributed by atoms with Crippen molar-refractivity contribution in [3.63, 3.8) is 0 Å². The van der Waals surface area contributed by atoms with E-state index in [1.807, 2.05) is 6.92 Å². The van der Waals surface area contributed by atoms with E-state index in [2.05, 4.69) is 35.8 Å². The molecule has 29 heavy (non-hydrogen) atoms. The van der Waals surface area contributed by atoms with Crippen LogP contribution in [0.5, 0.6) is 0 Å². The highest BCUT2D eigenvalue weighted by molar-refractivity contribution is 6.02. The van der Waals surface area contributed by atoms with Crippen molar-refractivity contribution >= 4 is 5.91 Å². The molecule has 2 N–H and O–H groups in total. The van der Waals surface area contributed by atoms with Crippen molar-refractivity contribution in [2.75, 3.05) is 0 Å². The van der Waals surface area contributed by atoms with E-state index < -0.39 is 5.91 Å². The van der Waals surface area contributed by atoms with E-state index in [1.165, 1.54) is 23.3 Å². The van der Waals surface area contributed by atoms with Gasteiger partial charge in [-0.2, -0.15) is 0 Å². The van der Waals surface area contributed by atoms with Gasteiger partial charge in [0.2, 0.25) is 0 Å². The van der Waals surface area contributed by atoms with Gasteiger partial charge in [0.1, 0.15) is 5.82 Å². The lowest BCUT2D eigenvalue weighted by atomic mass is 9.97. The number of nitrogens with zero attached hydrogens (tertiary/aromatic N) is 1. The van der Waals surface area contributed by atoms with Crippen LogP contribution >= 0.6 is 0 Å². The Balaban J connectivity index is 1.97. The second-order valence-electron chi connectivity index (χ2n) is 7.88. The summed E-state index contributed by atoms with van der Waals surface area (Å²) in [6.07, 6.45) is 4.97. The first-order chi connectivity index (χ1) is 14.0. The van der Waals surface area contributed by atoms with Crippen LogP contribution in [0.2, 0.25) is 0 Å². The minimum atomic E-state index is -0.426. The first kappa shape index (κ1) is 19.4. The fourth-order valence-electron chi connectivity index (χ4n) is 4.81. The normalized spacial score (nSPS) is 15.5. The quantitative estimate of drug-likeness (QED) is 0.587.